The van der Waals surface area contributed by atoms with Crippen molar-refractivity contribution in [1.82, 2.24) is 0 Å². The highest BCUT2D eigenvalue weighted by Crippen LogP contribution is 2.38. The molecule has 0 aliphatic carbocycles. The van der Waals surface area contributed by atoms with Gasteiger partial charge in [0.15, 0.2) is 6.29 Å². The number of benzene rings is 4. The molecular formula is C39H34F12O4. The first kappa shape index (κ1) is 43.0. The molecule has 4 aromatic carbocycles. The number of hydrogen-bond acceptors (Lipinski definition) is 4. The number of hydrogen-bond donors (Lipinski definition) is 0. The Bertz CT molecular complexity index is 1730. The molecular weight excluding hydrogens is 760 g/mol. The number of halogens is 12. The number of unbranched alkanes of at least 4 members (excludes halogenated alkanes) is 4. The zero-order valence-corrected chi connectivity index (χ0v) is 28.9. The zero-order valence-electron chi connectivity index (χ0n) is 28.9. The van der Waals surface area contributed by atoms with Crippen molar-refractivity contribution in [2.45, 2.75) is 57.2 Å². The molecule has 0 atom stereocenters. The summed E-state index contributed by atoms with van der Waals surface area (Å²) in [6, 6.07) is 8.59. The van der Waals surface area contributed by atoms with Gasteiger partial charge in [-0.05, 0) is 104 Å². The van der Waals surface area contributed by atoms with Crippen LogP contribution in [0.1, 0.15) is 49.7 Å². The van der Waals surface area contributed by atoms with E-state index in [1.54, 1.807) is 0 Å². The third-order valence-electron chi connectivity index (χ3n) is 8.03. The molecule has 0 N–H and O–H groups in total. The van der Waals surface area contributed by atoms with E-state index in [1.807, 2.05) is 0 Å². The average molecular weight is 795 g/mol. The van der Waals surface area contributed by atoms with Gasteiger partial charge < -0.3 is 18.9 Å². The van der Waals surface area contributed by atoms with Crippen molar-refractivity contribution >= 4 is 0 Å². The molecule has 16 heteroatoms. The molecule has 0 amide bonds. The summed E-state index contributed by atoms with van der Waals surface area (Å²) < 4.78 is 184. The van der Waals surface area contributed by atoms with Crippen molar-refractivity contribution in [3.05, 3.63) is 119 Å². The Kier molecular flexibility index (Phi) is 15.1. The summed E-state index contributed by atoms with van der Waals surface area (Å²) in [6.45, 7) is 4.77. The molecule has 0 fully saturated rings. The Balaban J connectivity index is 1.07. The average Bonchev–Trinajstić information content (AvgIpc) is 3.08. The quantitative estimate of drug-likeness (QED) is 0.0410. The van der Waals surface area contributed by atoms with Gasteiger partial charge in [-0.1, -0.05) is 6.58 Å². The summed E-state index contributed by atoms with van der Waals surface area (Å²) in [4.78, 5) is 0. The van der Waals surface area contributed by atoms with Crippen LogP contribution in [0, 0.1) is 34.9 Å². The number of rotatable bonds is 19. The molecule has 4 rings (SSSR count). The minimum Gasteiger partial charge on any atom is -0.493 e. The molecule has 298 valence electrons. The molecule has 0 heterocycles. The molecule has 55 heavy (non-hydrogen) atoms. The van der Waals surface area contributed by atoms with E-state index in [0.717, 1.165) is 24.3 Å². The largest absolute Gasteiger partial charge is 0.493 e. The maximum Gasteiger partial charge on any atom is 0.422 e. The molecule has 4 nitrogen and oxygen atoms in total. The lowest BCUT2D eigenvalue weighted by Crippen LogP contribution is -2.16. The van der Waals surface area contributed by atoms with Gasteiger partial charge in [0, 0.05) is 23.3 Å². The van der Waals surface area contributed by atoms with Gasteiger partial charge in [-0.3, -0.25) is 0 Å². The van der Waals surface area contributed by atoms with Gasteiger partial charge in [0.1, 0.15) is 57.5 Å². The molecule has 0 unspecified atom stereocenters. The summed E-state index contributed by atoms with van der Waals surface area (Å²) >= 11 is 0. The normalized spacial score (nSPS) is 12.0. The predicted molar refractivity (Wildman–Crippen MR) is 178 cm³/mol. The zero-order chi connectivity index (χ0) is 40.3. The smallest absolute Gasteiger partial charge is 0.422 e. The highest BCUT2D eigenvalue weighted by Gasteiger charge is 2.39. The minimum atomic E-state index is -5.24. The van der Waals surface area contributed by atoms with E-state index in [1.165, 1.54) is 18.2 Å². The van der Waals surface area contributed by atoms with Crippen LogP contribution in [0.3, 0.4) is 0 Å². The van der Waals surface area contributed by atoms with E-state index in [0.29, 0.717) is 76.0 Å². The van der Waals surface area contributed by atoms with Crippen LogP contribution in [0.2, 0.25) is 0 Å². The number of ether oxygens (including phenoxy) is 4. The van der Waals surface area contributed by atoms with Crippen molar-refractivity contribution in [3.8, 4) is 33.8 Å². The van der Waals surface area contributed by atoms with Crippen LogP contribution in [-0.2, 0) is 21.8 Å². The molecule has 0 saturated heterocycles. The molecule has 0 aliphatic heterocycles. The van der Waals surface area contributed by atoms with Gasteiger partial charge in [0.2, 0.25) is 0 Å². The second-order valence-corrected chi connectivity index (χ2v) is 12.1. The van der Waals surface area contributed by atoms with Crippen molar-refractivity contribution in [1.29, 1.82) is 0 Å². The second kappa shape index (κ2) is 19.2. The molecule has 0 spiro atoms. The Morgan fingerprint density at radius 1 is 0.473 bits per heavy atom. The second-order valence-electron chi connectivity index (χ2n) is 12.1. The van der Waals surface area contributed by atoms with Crippen LogP contribution in [0.5, 0.6) is 11.5 Å². The van der Waals surface area contributed by atoms with Gasteiger partial charge in [-0.15, -0.1) is 0 Å². The first-order chi connectivity index (χ1) is 26.0. The molecule has 0 bridgehead atoms. The predicted octanol–water partition coefficient (Wildman–Crippen LogP) is 12.2. The fraction of sp³-hybridized carbons (Fsp3) is 0.333. The maximum atomic E-state index is 14.6. The summed E-state index contributed by atoms with van der Waals surface area (Å²) in [7, 11) is 0. The lowest BCUT2D eigenvalue weighted by Gasteiger charge is -2.15. The first-order valence-electron chi connectivity index (χ1n) is 16.8. The van der Waals surface area contributed by atoms with E-state index in [-0.39, 0.29) is 35.8 Å². The minimum absolute atomic E-state index is 0.122. The van der Waals surface area contributed by atoms with Crippen LogP contribution >= 0.6 is 0 Å². The van der Waals surface area contributed by atoms with Gasteiger partial charge in [-0.2, -0.15) is 26.3 Å². The van der Waals surface area contributed by atoms with E-state index < -0.39 is 75.8 Å². The Hall–Kier alpha value is -4.70. The molecule has 0 aromatic heterocycles. The van der Waals surface area contributed by atoms with Crippen molar-refractivity contribution in [2.24, 2.45) is 0 Å². The van der Waals surface area contributed by atoms with Crippen LogP contribution in [0.15, 0.2) is 73.3 Å². The highest BCUT2D eigenvalue weighted by atomic mass is 19.4. The van der Waals surface area contributed by atoms with Crippen molar-refractivity contribution < 1.29 is 71.6 Å². The SMILES string of the molecule is C=CC(OCCCCCOc1ccc(-c2cc(F)c(C(F)(F)F)c(F)c2)c(F)c1)OCCCCCOc1ccc(-c2cc(F)c(C(F)(F)F)c(F)c2)c(F)c1. The summed E-state index contributed by atoms with van der Waals surface area (Å²) in [5.74, 6) is -9.04. The van der Waals surface area contributed by atoms with Gasteiger partial charge in [0.05, 0.1) is 26.4 Å². The lowest BCUT2D eigenvalue weighted by molar-refractivity contribution is -0.143. The first-order valence-corrected chi connectivity index (χ1v) is 16.8. The van der Waals surface area contributed by atoms with Gasteiger partial charge >= 0.3 is 12.4 Å². The third kappa shape index (κ3) is 12.1. The Morgan fingerprint density at radius 3 is 1.13 bits per heavy atom. The van der Waals surface area contributed by atoms with Crippen LogP contribution in [-0.4, -0.2) is 32.7 Å². The van der Waals surface area contributed by atoms with Gasteiger partial charge in [-0.25, -0.2) is 26.3 Å². The standard InChI is InChI=1S/C39H34F12O4/c1-2-35(54-15-7-3-5-13-52-25-9-11-27(29(40)21-25)23-17-31(42)36(32(43)18-23)38(46,47)48)55-16-8-4-6-14-53-26-10-12-28(30(41)22-26)24-19-33(44)37(34(45)20-24)39(49,50)51/h2,9-12,17-22,35H,1,3-8,13-16H2. The van der Waals surface area contributed by atoms with Crippen molar-refractivity contribution in [2.75, 3.05) is 26.4 Å². The monoisotopic (exact) mass is 794 g/mol. The molecule has 0 saturated carbocycles. The van der Waals surface area contributed by atoms with E-state index >= 15 is 0 Å². The lowest BCUT2D eigenvalue weighted by atomic mass is 10.0. The molecule has 4 aromatic rings. The number of alkyl halides is 6. The van der Waals surface area contributed by atoms with E-state index in [9.17, 15) is 52.7 Å². The summed E-state index contributed by atoms with van der Waals surface area (Å²) in [6.07, 6.45) is -5.90. The molecule has 0 aliphatic rings. The highest BCUT2D eigenvalue weighted by molar-refractivity contribution is 5.67. The van der Waals surface area contributed by atoms with Crippen molar-refractivity contribution in [3.63, 3.8) is 0 Å². The topological polar surface area (TPSA) is 36.9 Å². The van der Waals surface area contributed by atoms with E-state index in [2.05, 4.69) is 6.58 Å². The maximum absolute atomic E-state index is 14.6. The fourth-order valence-corrected chi connectivity index (χ4v) is 5.36. The van der Waals surface area contributed by atoms with Crippen LogP contribution < -0.4 is 9.47 Å². The van der Waals surface area contributed by atoms with Crippen LogP contribution in [0.4, 0.5) is 52.7 Å². The van der Waals surface area contributed by atoms with Crippen LogP contribution in [0.25, 0.3) is 22.3 Å². The van der Waals surface area contributed by atoms with E-state index in [4.69, 9.17) is 18.9 Å². The third-order valence-corrected chi connectivity index (χ3v) is 8.03. The molecule has 0 radical (unpaired) electrons. The summed E-state index contributed by atoms with van der Waals surface area (Å²) in [5.41, 5.74) is -5.50. The fourth-order valence-electron chi connectivity index (χ4n) is 5.36. The van der Waals surface area contributed by atoms with Gasteiger partial charge in [0.25, 0.3) is 0 Å². The Morgan fingerprint density at radius 2 is 0.818 bits per heavy atom. The summed E-state index contributed by atoms with van der Waals surface area (Å²) in [5, 5.41) is 0. The Labute approximate surface area is 308 Å².